The second-order valence-electron chi connectivity index (χ2n) is 8.41. The number of hydrogen-bond donors (Lipinski definition) is 1. The second-order valence-corrected chi connectivity index (χ2v) is 8.41. The third kappa shape index (κ3) is 7.43. The smallest absolute Gasteiger partial charge is 0.267 e. The number of hydrogen-bond acceptors (Lipinski definition) is 3. The van der Waals surface area contributed by atoms with Crippen LogP contribution in [0.25, 0.3) is 0 Å². The minimum Gasteiger partial charge on any atom is -0.267 e. The number of aromatic nitrogens is 1. The van der Waals surface area contributed by atoms with Gasteiger partial charge in [0.2, 0.25) is 0 Å². The first kappa shape index (κ1) is 23.3. The van der Waals surface area contributed by atoms with Crippen molar-refractivity contribution in [3.8, 4) is 0 Å². The number of amides is 1. The Morgan fingerprint density at radius 1 is 1.20 bits per heavy atom. The van der Waals surface area contributed by atoms with Crippen LogP contribution in [0.15, 0.2) is 88.4 Å². The Labute approximate surface area is 180 Å². The van der Waals surface area contributed by atoms with Gasteiger partial charge in [-0.3, -0.25) is 9.78 Å². The molecule has 2 rings (SSSR count). The van der Waals surface area contributed by atoms with Crippen LogP contribution < -0.4 is 5.43 Å². The Morgan fingerprint density at radius 2 is 1.97 bits per heavy atom. The number of carbonyl (C=O) groups excluding carboxylic acids is 1. The number of carbonyl (C=O) groups is 1. The molecule has 0 bridgehead atoms. The molecule has 1 amide bonds. The Morgan fingerprint density at radius 3 is 2.67 bits per heavy atom. The van der Waals surface area contributed by atoms with Crippen LogP contribution in [0.1, 0.15) is 64.2 Å². The summed E-state index contributed by atoms with van der Waals surface area (Å²) in [7, 11) is 0. The fourth-order valence-corrected chi connectivity index (χ4v) is 3.50. The molecule has 4 heteroatoms. The summed E-state index contributed by atoms with van der Waals surface area (Å²) >= 11 is 0. The van der Waals surface area contributed by atoms with Gasteiger partial charge in [0.1, 0.15) is 0 Å². The van der Waals surface area contributed by atoms with Crippen LogP contribution in [0.2, 0.25) is 0 Å². The molecule has 0 unspecified atom stereocenters. The minimum atomic E-state index is -0.280. The first-order valence-electron chi connectivity index (χ1n) is 10.4. The number of nitrogens with zero attached hydrogens (tertiary/aromatic N) is 2. The molecule has 0 aliphatic heterocycles. The second kappa shape index (κ2) is 11.2. The van der Waals surface area contributed by atoms with Crippen molar-refractivity contribution in [3.63, 3.8) is 0 Å². The number of allylic oxidation sites excluding steroid dienone is 10. The predicted octanol–water partition coefficient (Wildman–Crippen LogP) is 6.33. The average molecular weight is 404 g/mol. The van der Waals surface area contributed by atoms with E-state index in [2.05, 4.69) is 61.4 Å². The molecule has 158 valence electrons. The lowest BCUT2D eigenvalue weighted by molar-refractivity contribution is 0.0955. The average Bonchev–Trinajstić information content (AvgIpc) is 2.71. The van der Waals surface area contributed by atoms with E-state index in [0.29, 0.717) is 5.56 Å². The lowest BCUT2D eigenvalue weighted by atomic mass is 9.72. The van der Waals surface area contributed by atoms with Crippen LogP contribution in [0.3, 0.4) is 0 Å². The molecule has 0 saturated carbocycles. The maximum atomic E-state index is 11.9. The number of pyridine rings is 1. The molecule has 0 aromatic carbocycles. The van der Waals surface area contributed by atoms with Crippen LogP contribution in [0, 0.1) is 5.41 Å². The molecule has 4 nitrogen and oxygen atoms in total. The molecule has 0 spiro atoms. The molecule has 1 heterocycles. The van der Waals surface area contributed by atoms with E-state index in [-0.39, 0.29) is 11.3 Å². The summed E-state index contributed by atoms with van der Waals surface area (Å²) in [5.41, 5.74) is 8.46. The van der Waals surface area contributed by atoms with Crippen molar-refractivity contribution in [2.45, 2.75) is 53.9 Å². The number of hydrazone groups is 1. The maximum absolute atomic E-state index is 11.9. The monoisotopic (exact) mass is 403 g/mol. The largest absolute Gasteiger partial charge is 0.272 e. The summed E-state index contributed by atoms with van der Waals surface area (Å²) in [4.78, 5) is 15.8. The van der Waals surface area contributed by atoms with E-state index in [9.17, 15) is 4.79 Å². The van der Waals surface area contributed by atoms with Gasteiger partial charge in [-0.2, -0.15) is 5.10 Å². The molecule has 0 fully saturated rings. The summed E-state index contributed by atoms with van der Waals surface area (Å²) in [6.45, 7) is 11.0. The van der Waals surface area contributed by atoms with Crippen molar-refractivity contribution in [2.24, 2.45) is 10.5 Å². The van der Waals surface area contributed by atoms with Gasteiger partial charge in [-0.25, -0.2) is 5.43 Å². The minimum absolute atomic E-state index is 0.264. The molecule has 1 aliphatic rings. The Bertz CT molecular complexity index is 913. The highest BCUT2D eigenvalue weighted by atomic mass is 16.2. The zero-order chi connectivity index (χ0) is 22.0. The number of nitrogens with one attached hydrogen (secondary N) is 1. The summed E-state index contributed by atoms with van der Waals surface area (Å²) in [6.07, 6.45) is 20.9. The Balaban J connectivity index is 1.88. The van der Waals surface area contributed by atoms with Crippen LogP contribution in [0.4, 0.5) is 0 Å². The predicted molar refractivity (Wildman–Crippen MR) is 126 cm³/mol. The molecule has 1 aromatic heterocycles. The molecular formula is C26H33N3O. The lowest BCUT2D eigenvalue weighted by Gasteiger charge is -2.32. The van der Waals surface area contributed by atoms with Gasteiger partial charge in [0.15, 0.2) is 0 Å². The standard InChI is InChI=1S/C26H33N3O/c1-20(13-14-24-22(3)11-7-16-26(24,4)5)9-6-10-21(2)15-18-28-29-25(30)23-12-8-17-27-19-23/h6,8-10,12-15,17-19H,7,11,16H2,1-5H3,(H,29,30)/b10-6+,14-13+,20-9+,21-15+,28-18+. The van der Waals surface area contributed by atoms with Gasteiger partial charge < -0.3 is 0 Å². The van der Waals surface area contributed by atoms with E-state index in [1.807, 2.05) is 25.2 Å². The third-order valence-corrected chi connectivity index (χ3v) is 5.28. The highest BCUT2D eigenvalue weighted by Gasteiger charge is 2.26. The lowest BCUT2D eigenvalue weighted by Crippen LogP contribution is -2.19. The molecule has 0 radical (unpaired) electrons. The van der Waals surface area contributed by atoms with E-state index in [4.69, 9.17) is 0 Å². The van der Waals surface area contributed by atoms with Crippen LogP contribution in [-0.4, -0.2) is 17.1 Å². The quantitative estimate of drug-likeness (QED) is 0.329. The third-order valence-electron chi connectivity index (χ3n) is 5.28. The Hall–Kier alpha value is -3.01. The van der Waals surface area contributed by atoms with E-state index in [0.717, 1.165) is 5.57 Å². The molecular weight excluding hydrogens is 370 g/mol. The van der Waals surface area contributed by atoms with Gasteiger partial charge in [-0.1, -0.05) is 55.4 Å². The van der Waals surface area contributed by atoms with Crippen molar-refractivity contribution in [2.75, 3.05) is 0 Å². The SMILES string of the molecule is CC1=C(/C=C/C(C)=C/C=C/C(C)=C/C=N/NC(=O)c2cccnc2)C(C)(C)CCC1. The van der Waals surface area contributed by atoms with Gasteiger partial charge in [0.05, 0.1) is 5.56 Å². The van der Waals surface area contributed by atoms with Crippen LogP contribution in [-0.2, 0) is 0 Å². The molecule has 1 N–H and O–H groups in total. The highest BCUT2D eigenvalue weighted by molar-refractivity contribution is 5.94. The molecule has 30 heavy (non-hydrogen) atoms. The van der Waals surface area contributed by atoms with Crippen LogP contribution >= 0.6 is 0 Å². The van der Waals surface area contributed by atoms with Crippen molar-refractivity contribution in [1.29, 1.82) is 0 Å². The zero-order valence-corrected chi connectivity index (χ0v) is 18.8. The van der Waals surface area contributed by atoms with Crippen molar-refractivity contribution in [3.05, 3.63) is 88.8 Å². The van der Waals surface area contributed by atoms with Crippen molar-refractivity contribution < 1.29 is 4.79 Å². The molecule has 1 aliphatic carbocycles. The van der Waals surface area contributed by atoms with Gasteiger partial charge in [0.25, 0.3) is 5.91 Å². The topological polar surface area (TPSA) is 54.4 Å². The number of rotatable bonds is 7. The van der Waals surface area contributed by atoms with Gasteiger partial charge >= 0.3 is 0 Å². The first-order chi connectivity index (χ1) is 14.3. The highest BCUT2D eigenvalue weighted by Crippen LogP contribution is 2.40. The summed E-state index contributed by atoms with van der Waals surface area (Å²) in [5.74, 6) is -0.280. The van der Waals surface area contributed by atoms with Crippen molar-refractivity contribution in [1.82, 2.24) is 10.4 Å². The first-order valence-corrected chi connectivity index (χ1v) is 10.4. The summed E-state index contributed by atoms with van der Waals surface area (Å²) in [6, 6.07) is 3.41. The summed E-state index contributed by atoms with van der Waals surface area (Å²) < 4.78 is 0. The Kier molecular flexibility index (Phi) is 8.72. The molecule has 1 aromatic rings. The van der Waals surface area contributed by atoms with Crippen molar-refractivity contribution >= 4 is 12.1 Å². The fraction of sp³-hybridized carbons (Fsp3) is 0.346. The van der Waals surface area contributed by atoms with E-state index < -0.39 is 0 Å². The normalized spacial score (nSPS) is 18.0. The van der Waals surface area contributed by atoms with E-state index >= 15 is 0 Å². The molecule has 0 atom stereocenters. The van der Waals surface area contributed by atoms with E-state index in [1.165, 1.54) is 42.2 Å². The van der Waals surface area contributed by atoms with Crippen LogP contribution in [0.5, 0.6) is 0 Å². The fourth-order valence-electron chi connectivity index (χ4n) is 3.50. The zero-order valence-electron chi connectivity index (χ0n) is 18.8. The van der Waals surface area contributed by atoms with Gasteiger partial charge in [-0.15, -0.1) is 0 Å². The van der Waals surface area contributed by atoms with Gasteiger partial charge in [0, 0.05) is 18.6 Å². The summed E-state index contributed by atoms with van der Waals surface area (Å²) in [5, 5.41) is 3.94. The molecule has 0 saturated heterocycles. The van der Waals surface area contributed by atoms with Gasteiger partial charge in [-0.05, 0) is 74.8 Å². The van der Waals surface area contributed by atoms with E-state index in [1.54, 1.807) is 24.5 Å². The maximum Gasteiger partial charge on any atom is 0.272 e.